The topological polar surface area (TPSA) is 272 Å². The van der Waals surface area contributed by atoms with Gasteiger partial charge in [-0.1, -0.05) is 0 Å². The van der Waals surface area contributed by atoms with E-state index in [1.807, 2.05) is 0 Å². The lowest BCUT2D eigenvalue weighted by Gasteiger charge is -2.49. The van der Waals surface area contributed by atoms with Crippen LogP contribution in [0.3, 0.4) is 0 Å². The molecule has 3 fully saturated rings. The van der Waals surface area contributed by atoms with Crippen molar-refractivity contribution in [1.82, 2.24) is 5.32 Å². The van der Waals surface area contributed by atoms with Gasteiger partial charge in [-0.3, -0.25) is 4.79 Å². The number of aliphatic hydroxyl groups is 8. The third kappa shape index (κ3) is 7.44. The number of nitrogens with two attached hydrogens (primary N) is 1. The number of carbonyl (C=O) groups is 1. The third-order valence-electron chi connectivity index (χ3n) is 7.07. The molecule has 17 nitrogen and oxygen atoms in total. The van der Waals surface area contributed by atoms with E-state index in [-0.39, 0.29) is 6.61 Å². The Morgan fingerprint density at radius 3 is 1.98 bits per heavy atom. The second kappa shape index (κ2) is 14.9. The standard InChI is InChI=1S/C23H42N2O15/c1-8-13(29)16(32)18(34)22(36-8)40-20-17(33)14(30)10(6-26)38-23(20)39-19-12(25-9(2)28)21(35-5-3-4-24)37-11(7-27)15(19)31/h8,10-23,26-27,29-34H,3-7,24H2,1-2H3,(H,25,28). The highest BCUT2D eigenvalue weighted by molar-refractivity contribution is 5.73. The predicted molar refractivity (Wildman–Crippen MR) is 129 cm³/mol. The van der Waals surface area contributed by atoms with Crippen LogP contribution in [0.15, 0.2) is 0 Å². The van der Waals surface area contributed by atoms with Crippen molar-refractivity contribution < 1.29 is 74.1 Å². The first-order valence-corrected chi connectivity index (χ1v) is 13.1. The fraction of sp³-hybridized carbons (Fsp3) is 0.957. The van der Waals surface area contributed by atoms with Crippen molar-refractivity contribution in [2.24, 2.45) is 5.73 Å². The molecule has 17 heteroatoms. The molecule has 15 atom stereocenters. The molecule has 0 aromatic heterocycles. The number of hydrogen-bond donors (Lipinski definition) is 10. The first-order chi connectivity index (χ1) is 18.9. The summed E-state index contributed by atoms with van der Waals surface area (Å²) in [6.07, 6.45) is -20.9. The summed E-state index contributed by atoms with van der Waals surface area (Å²) in [5.41, 5.74) is 5.52. The van der Waals surface area contributed by atoms with Crippen molar-refractivity contribution in [3.63, 3.8) is 0 Å². The third-order valence-corrected chi connectivity index (χ3v) is 7.07. The molecule has 3 saturated heterocycles. The van der Waals surface area contributed by atoms with Gasteiger partial charge in [0.15, 0.2) is 18.9 Å². The maximum absolute atomic E-state index is 12.0. The van der Waals surface area contributed by atoms with Gasteiger partial charge in [0.25, 0.3) is 0 Å². The molecule has 40 heavy (non-hydrogen) atoms. The lowest BCUT2D eigenvalue weighted by atomic mass is 9.95. The SMILES string of the molecule is CC(=O)NC1C(OCCCN)OC(CO)C(O)C1OC1OC(CO)C(O)C(O)C1OC1OC(C)C(O)C(O)C1O. The summed E-state index contributed by atoms with van der Waals surface area (Å²) in [5.74, 6) is -0.550. The highest BCUT2D eigenvalue weighted by Gasteiger charge is 2.54. The summed E-state index contributed by atoms with van der Waals surface area (Å²) < 4.78 is 34.1. The first kappa shape index (κ1) is 33.4. The molecule has 234 valence electrons. The van der Waals surface area contributed by atoms with Gasteiger partial charge in [0.05, 0.1) is 25.9 Å². The van der Waals surface area contributed by atoms with Crippen LogP contribution in [0.2, 0.25) is 0 Å². The van der Waals surface area contributed by atoms with Gasteiger partial charge < -0.3 is 80.3 Å². The molecule has 0 saturated carbocycles. The molecule has 0 bridgehead atoms. The summed E-state index contributed by atoms with van der Waals surface area (Å²) in [6.45, 7) is 1.57. The number of nitrogens with one attached hydrogen (secondary N) is 1. The number of hydrogen-bond acceptors (Lipinski definition) is 16. The van der Waals surface area contributed by atoms with Crippen molar-refractivity contribution in [1.29, 1.82) is 0 Å². The van der Waals surface area contributed by atoms with Crippen LogP contribution in [0.5, 0.6) is 0 Å². The average Bonchev–Trinajstić information content (AvgIpc) is 2.92. The largest absolute Gasteiger partial charge is 0.394 e. The Morgan fingerprint density at radius 2 is 1.38 bits per heavy atom. The number of ether oxygens (including phenoxy) is 6. The van der Waals surface area contributed by atoms with Crippen LogP contribution >= 0.6 is 0 Å². The van der Waals surface area contributed by atoms with Crippen LogP contribution in [0.25, 0.3) is 0 Å². The zero-order chi connectivity index (χ0) is 29.7. The van der Waals surface area contributed by atoms with E-state index in [9.17, 15) is 45.6 Å². The summed E-state index contributed by atoms with van der Waals surface area (Å²) in [6, 6.07) is -1.19. The van der Waals surface area contributed by atoms with Gasteiger partial charge in [-0.05, 0) is 19.9 Å². The Labute approximate surface area is 230 Å². The lowest BCUT2D eigenvalue weighted by Crippen LogP contribution is -2.69. The van der Waals surface area contributed by atoms with E-state index in [1.54, 1.807) is 0 Å². The quantitative estimate of drug-likeness (QED) is 0.101. The predicted octanol–water partition coefficient (Wildman–Crippen LogP) is -6.03. The van der Waals surface area contributed by atoms with Crippen molar-refractivity contribution in [3.8, 4) is 0 Å². The van der Waals surface area contributed by atoms with Crippen LogP contribution in [0, 0.1) is 0 Å². The summed E-state index contributed by atoms with van der Waals surface area (Å²) >= 11 is 0. The molecule has 3 aliphatic rings. The van der Waals surface area contributed by atoms with E-state index in [0.29, 0.717) is 13.0 Å². The monoisotopic (exact) mass is 586 g/mol. The molecular formula is C23H42N2O15. The number of carbonyl (C=O) groups excluding carboxylic acids is 1. The van der Waals surface area contributed by atoms with Crippen LogP contribution in [0.1, 0.15) is 20.3 Å². The lowest BCUT2D eigenvalue weighted by molar-refractivity contribution is -0.381. The van der Waals surface area contributed by atoms with Crippen LogP contribution < -0.4 is 11.1 Å². The van der Waals surface area contributed by atoms with Gasteiger partial charge in [0, 0.05) is 6.92 Å². The molecule has 0 aromatic carbocycles. The molecule has 15 unspecified atom stereocenters. The summed E-state index contributed by atoms with van der Waals surface area (Å²) in [7, 11) is 0. The molecule has 0 aliphatic carbocycles. The minimum absolute atomic E-state index is 0.102. The van der Waals surface area contributed by atoms with E-state index < -0.39 is 111 Å². The normalized spacial score (nSPS) is 46.2. The minimum Gasteiger partial charge on any atom is -0.394 e. The Kier molecular flexibility index (Phi) is 12.4. The molecule has 3 heterocycles. The van der Waals surface area contributed by atoms with Crippen molar-refractivity contribution >= 4 is 5.91 Å². The van der Waals surface area contributed by atoms with Gasteiger partial charge >= 0.3 is 0 Å². The van der Waals surface area contributed by atoms with Crippen molar-refractivity contribution in [2.75, 3.05) is 26.4 Å². The molecule has 11 N–H and O–H groups in total. The average molecular weight is 587 g/mol. The van der Waals surface area contributed by atoms with Gasteiger partial charge in [0.1, 0.15) is 67.1 Å². The second-order valence-electron chi connectivity index (χ2n) is 10.0. The minimum atomic E-state index is -1.81. The molecule has 1 amide bonds. The molecule has 0 aromatic rings. The van der Waals surface area contributed by atoms with E-state index in [2.05, 4.69) is 5.32 Å². The van der Waals surface area contributed by atoms with Crippen LogP contribution in [-0.2, 0) is 33.2 Å². The van der Waals surface area contributed by atoms with E-state index in [4.69, 9.17) is 34.2 Å². The summed E-state index contributed by atoms with van der Waals surface area (Å²) in [4.78, 5) is 12.0. The molecule has 3 aliphatic heterocycles. The zero-order valence-electron chi connectivity index (χ0n) is 22.2. The van der Waals surface area contributed by atoms with E-state index in [0.717, 1.165) is 0 Å². The van der Waals surface area contributed by atoms with Crippen LogP contribution in [-0.4, -0.2) is 165 Å². The first-order valence-electron chi connectivity index (χ1n) is 13.1. The van der Waals surface area contributed by atoms with Gasteiger partial charge in [-0.15, -0.1) is 0 Å². The number of amides is 1. The maximum atomic E-state index is 12.0. The Morgan fingerprint density at radius 1 is 0.775 bits per heavy atom. The maximum Gasteiger partial charge on any atom is 0.217 e. The Hall–Kier alpha value is -1.13. The van der Waals surface area contributed by atoms with Gasteiger partial charge in [-0.2, -0.15) is 0 Å². The van der Waals surface area contributed by atoms with Crippen molar-refractivity contribution in [2.45, 2.75) is 112 Å². The molecule has 3 rings (SSSR count). The van der Waals surface area contributed by atoms with Gasteiger partial charge in [-0.25, -0.2) is 0 Å². The van der Waals surface area contributed by atoms with E-state index in [1.165, 1.54) is 13.8 Å². The van der Waals surface area contributed by atoms with E-state index >= 15 is 0 Å². The highest BCUT2D eigenvalue weighted by Crippen LogP contribution is 2.33. The van der Waals surface area contributed by atoms with Crippen LogP contribution in [0.4, 0.5) is 0 Å². The zero-order valence-corrected chi connectivity index (χ0v) is 22.2. The summed E-state index contributed by atoms with van der Waals surface area (Å²) in [5, 5.41) is 85.0. The smallest absolute Gasteiger partial charge is 0.217 e. The Balaban J connectivity index is 1.91. The number of rotatable bonds is 11. The highest BCUT2D eigenvalue weighted by atomic mass is 16.8. The molecule has 0 radical (unpaired) electrons. The second-order valence-corrected chi connectivity index (χ2v) is 10.0. The molecule has 0 spiro atoms. The van der Waals surface area contributed by atoms with Crippen molar-refractivity contribution in [3.05, 3.63) is 0 Å². The Bertz CT molecular complexity index is 797. The van der Waals surface area contributed by atoms with Gasteiger partial charge in [0.2, 0.25) is 5.91 Å². The fourth-order valence-corrected chi connectivity index (χ4v) is 4.79. The number of aliphatic hydroxyl groups excluding tert-OH is 8. The molecular weight excluding hydrogens is 544 g/mol. The fourth-order valence-electron chi connectivity index (χ4n) is 4.79.